The Labute approximate surface area is 159 Å². The molecule has 3 atom stereocenters. The van der Waals surface area contributed by atoms with Crippen LogP contribution < -0.4 is 30.7 Å². The van der Waals surface area contributed by atoms with E-state index >= 15 is 0 Å². The Morgan fingerprint density at radius 2 is 2.08 bits per heavy atom. The second-order valence-corrected chi connectivity index (χ2v) is 10.6. The second-order valence-electron chi connectivity index (χ2n) is 7.92. The summed E-state index contributed by atoms with van der Waals surface area (Å²) in [6.07, 6.45) is 4.38. The van der Waals surface area contributed by atoms with Crippen molar-refractivity contribution in [1.82, 2.24) is 0 Å². The van der Waals surface area contributed by atoms with Crippen LogP contribution in [0.5, 0.6) is 11.5 Å². The number of esters is 1. The summed E-state index contributed by atoms with van der Waals surface area (Å²) >= 11 is 0.251. The Balaban J connectivity index is 1.44. The van der Waals surface area contributed by atoms with Crippen LogP contribution in [0.2, 0.25) is 0 Å². The third-order valence-electron chi connectivity index (χ3n) is 6.44. The molecule has 2 bridgehead atoms. The van der Waals surface area contributed by atoms with Crippen LogP contribution in [0.3, 0.4) is 0 Å². The van der Waals surface area contributed by atoms with Crippen LogP contribution in [-0.4, -0.2) is 27.7 Å². The zero-order chi connectivity index (χ0) is 17.7. The molecule has 1 aromatic carbocycles. The fourth-order valence-corrected chi connectivity index (χ4v) is 9.25. The van der Waals surface area contributed by atoms with Crippen molar-refractivity contribution in [2.45, 2.75) is 33.3 Å². The van der Waals surface area contributed by atoms with Crippen LogP contribution in [0.1, 0.15) is 32.8 Å². The number of ether oxygens (including phenoxy) is 3. The van der Waals surface area contributed by atoms with Crippen molar-refractivity contribution in [2.24, 2.45) is 16.7 Å². The topological polar surface area (TPSA) is 44.8 Å². The fourth-order valence-electron chi connectivity index (χ4n) is 4.13. The Kier molecular flexibility index (Phi) is 4.25. The Morgan fingerprint density at radius 3 is 2.88 bits per heavy atom. The standard InChI is InChI=1S/C20H24IO4/c1-19(2)14-9-17(20(19,3)11-21-10-14)25-18(22)7-5-13-4-6-15-16(8-13)24-12-23-15/h4-8,14,17H,9-12H2,1-3H3/q-1/b7-5+. The van der Waals surface area contributed by atoms with Crippen LogP contribution in [0.15, 0.2) is 24.3 Å². The summed E-state index contributed by atoms with van der Waals surface area (Å²) in [5.41, 5.74) is 1.30. The maximum absolute atomic E-state index is 12.4. The first-order valence-corrected chi connectivity index (χ1v) is 11.8. The Bertz CT molecular complexity index is 726. The Hall–Kier alpha value is -1.24. The molecule has 4 rings (SSSR count). The number of halogens is 1. The van der Waals surface area contributed by atoms with E-state index in [1.807, 2.05) is 18.2 Å². The van der Waals surface area contributed by atoms with Crippen molar-refractivity contribution >= 4 is 12.0 Å². The van der Waals surface area contributed by atoms with Crippen LogP contribution in [0, 0.1) is 16.7 Å². The molecule has 4 nitrogen and oxygen atoms in total. The number of carbonyl (C=O) groups is 1. The van der Waals surface area contributed by atoms with E-state index in [0.29, 0.717) is 5.92 Å². The number of benzene rings is 1. The summed E-state index contributed by atoms with van der Waals surface area (Å²) in [5.74, 6) is 1.93. The summed E-state index contributed by atoms with van der Waals surface area (Å²) in [6.45, 7) is 7.30. The van der Waals surface area contributed by atoms with Crippen molar-refractivity contribution in [3.05, 3.63) is 29.8 Å². The van der Waals surface area contributed by atoms with E-state index in [2.05, 4.69) is 20.8 Å². The van der Waals surface area contributed by atoms with Crippen molar-refractivity contribution in [3.63, 3.8) is 0 Å². The van der Waals surface area contributed by atoms with E-state index in [4.69, 9.17) is 14.2 Å². The summed E-state index contributed by atoms with van der Waals surface area (Å²) in [5, 5.41) is 0. The zero-order valence-electron chi connectivity index (χ0n) is 14.9. The molecule has 1 saturated carbocycles. The molecule has 1 aliphatic carbocycles. The summed E-state index contributed by atoms with van der Waals surface area (Å²) in [7, 11) is 0. The van der Waals surface area contributed by atoms with Gasteiger partial charge in [0.2, 0.25) is 0 Å². The molecule has 0 N–H and O–H groups in total. The van der Waals surface area contributed by atoms with Gasteiger partial charge in [0.05, 0.1) is 0 Å². The number of rotatable bonds is 3. The molecule has 1 saturated heterocycles. The van der Waals surface area contributed by atoms with Gasteiger partial charge in [-0.05, 0) is 0 Å². The molecule has 0 aromatic heterocycles. The van der Waals surface area contributed by atoms with Gasteiger partial charge in [-0.25, -0.2) is 0 Å². The summed E-state index contributed by atoms with van der Waals surface area (Å²) in [4.78, 5) is 12.4. The van der Waals surface area contributed by atoms with Crippen molar-refractivity contribution in [1.29, 1.82) is 0 Å². The molecule has 2 aliphatic heterocycles. The van der Waals surface area contributed by atoms with Gasteiger partial charge in [0.1, 0.15) is 0 Å². The van der Waals surface area contributed by atoms with Gasteiger partial charge in [-0.1, -0.05) is 0 Å². The first kappa shape index (κ1) is 17.2. The van der Waals surface area contributed by atoms with Crippen molar-refractivity contribution in [2.75, 3.05) is 15.6 Å². The number of carbonyl (C=O) groups excluding carboxylic acids is 1. The van der Waals surface area contributed by atoms with Gasteiger partial charge in [-0.2, -0.15) is 0 Å². The third-order valence-corrected chi connectivity index (χ3v) is 10.2. The minimum absolute atomic E-state index is 0.0450. The molecular formula is C20H24IO4-. The molecule has 3 aliphatic rings. The molecule has 2 fully saturated rings. The Morgan fingerprint density at radius 1 is 1.28 bits per heavy atom. The van der Waals surface area contributed by atoms with Crippen LogP contribution in [0.4, 0.5) is 0 Å². The minimum atomic E-state index is -0.245. The first-order chi connectivity index (χ1) is 11.9. The maximum atomic E-state index is 12.4. The zero-order valence-corrected chi connectivity index (χ0v) is 17.0. The average Bonchev–Trinajstić information content (AvgIpc) is 3.04. The second kappa shape index (κ2) is 6.18. The monoisotopic (exact) mass is 455 g/mol. The van der Waals surface area contributed by atoms with Gasteiger partial charge >= 0.3 is 159 Å². The molecule has 3 unspecified atom stereocenters. The fraction of sp³-hybridized carbons (Fsp3) is 0.550. The van der Waals surface area contributed by atoms with Crippen LogP contribution in [0.25, 0.3) is 6.08 Å². The number of alkyl halides is 2. The number of hydrogen-bond acceptors (Lipinski definition) is 4. The van der Waals surface area contributed by atoms with Gasteiger partial charge < -0.3 is 0 Å². The molecule has 0 spiro atoms. The number of fused-ring (bicyclic) bond motifs is 3. The van der Waals surface area contributed by atoms with Crippen LogP contribution >= 0.6 is 0 Å². The van der Waals surface area contributed by atoms with E-state index in [1.165, 1.54) is 14.9 Å². The molecule has 25 heavy (non-hydrogen) atoms. The summed E-state index contributed by atoms with van der Waals surface area (Å²) < 4.78 is 19.2. The van der Waals surface area contributed by atoms with Crippen molar-refractivity contribution in [3.8, 4) is 11.5 Å². The van der Waals surface area contributed by atoms with E-state index in [9.17, 15) is 4.79 Å². The van der Waals surface area contributed by atoms with E-state index in [1.54, 1.807) is 6.08 Å². The van der Waals surface area contributed by atoms with E-state index in [-0.39, 0.29) is 50.9 Å². The molecule has 1 aromatic rings. The predicted octanol–water partition coefficient (Wildman–Crippen LogP) is 0.495. The van der Waals surface area contributed by atoms with Gasteiger partial charge in [0, 0.05) is 0 Å². The van der Waals surface area contributed by atoms with Gasteiger partial charge in [-0.3, -0.25) is 0 Å². The third kappa shape index (κ3) is 2.84. The van der Waals surface area contributed by atoms with Gasteiger partial charge in [0.25, 0.3) is 0 Å². The average molecular weight is 455 g/mol. The van der Waals surface area contributed by atoms with E-state index in [0.717, 1.165) is 23.5 Å². The van der Waals surface area contributed by atoms with Gasteiger partial charge in [-0.15, -0.1) is 0 Å². The first-order valence-electron chi connectivity index (χ1n) is 8.72. The molecule has 0 amide bonds. The van der Waals surface area contributed by atoms with Crippen molar-refractivity contribution < 1.29 is 40.2 Å². The normalized spacial score (nSPS) is 32.4. The molecular weight excluding hydrogens is 431 g/mol. The van der Waals surface area contributed by atoms with Gasteiger partial charge in [0.15, 0.2) is 0 Å². The predicted molar refractivity (Wildman–Crippen MR) is 91.2 cm³/mol. The van der Waals surface area contributed by atoms with Crippen LogP contribution in [-0.2, 0) is 9.53 Å². The quantitative estimate of drug-likeness (QED) is 0.288. The molecule has 2 heterocycles. The molecule has 5 heteroatoms. The molecule has 0 radical (unpaired) electrons. The molecule has 136 valence electrons. The SMILES string of the molecule is CC1(C)C2C[I-]CC1(C)C(OC(=O)/C=C/c1ccc3c(c1)OCO3)C2. The summed E-state index contributed by atoms with van der Waals surface area (Å²) in [6, 6.07) is 5.65. The van der Waals surface area contributed by atoms with E-state index < -0.39 is 0 Å². The number of hydrogen-bond donors (Lipinski definition) is 0.